The number of aryl methyl sites for hydroxylation is 2. The van der Waals surface area contributed by atoms with Gasteiger partial charge in [-0.25, -0.2) is 0 Å². The Morgan fingerprint density at radius 3 is 2.90 bits per heavy atom. The van der Waals surface area contributed by atoms with Gasteiger partial charge in [-0.2, -0.15) is 0 Å². The topological polar surface area (TPSA) is 42.4 Å². The van der Waals surface area contributed by atoms with Crippen LogP contribution in [0.25, 0.3) is 0 Å². The minimum atomic E-state index is -0.655. The molecular formula is C17H18ClNO2. The zero-order valence-corrected chi connectivity index (χ0v) is 12.9. The highest BCUT2D eigenvalue weighted by molar-refractivity contribution is 6.30. The number of fused-ring (bicyclic) bond motifs is 1. The summed E-state index contributed by atoms with van der Waals surface area (Å²) in [5.74, 6) is 0.878. The molecule has 0 bridgehead atoms. The van der Waals surface area contributed by atoms with E-state index < -0.39 is 6.10 Å². The smallest absolute Gasteiger partial charge is 0.126 e. The van der Waals surface area contributed by atoms with Crippen LogP contribution in [0.5, 0.6) is 5.75 Å². The van der Waals surface area contributed by atoms with Crippen LogP contribution in [0.1, 0.15) is 34.1 Å². The fourth-order valence-electron chi connectivity index (χ4n) is 2.88. The molecule has 3 rings (SSSR count). The van der Waals surface area contributed by atoms with Crippen molar-refractivity contribution in [1.29, 1.82) is 0 Å². The van der Waals surface area contributed by atoms with Gasteiger partial charge in [0.25, 0.3) is 0 Å². The Morgan fingerprint density at radius 2 is 2.14 bits per heavy atom. The van der Waals surface area contributed by atoms with Gasteiger partial charge < -0.3 is 9.84 Å². The monoisotopic (exact) mass is 303 g/mol. The summed E-state index contributed by atoms with van der Waals surface area (Å²) in [6, 6.07) is 5.85. The summed E-state index contributed by atoms with van der Waals surface area (Å²) in [7, 11) is 0. The van der Waals surface area contributed by atoms with Crippen LogP contribution in [-0.4, -0.2) is 16.7 Å². The molecule has 0 radical (unpaired) electrons. The fourth-order valence-corrected chi connectivity index (χ4v) is 3.14. The number of hydrogen-bond acceptors (Lipinski definition) is 3. The maximum Gasteiger partial charge on any atom is 0.126 e. The fraction of sp³-hybridized carbons (Fsp3) is 0.353. The summed E-state index contributed by atoms with van der Waals surface area (Å²) < 4.78 is 5.68. The number of halogens is 1. The molecule has 1 aromatic heterocycles. The zero-order chi connectivity index (χ0) is 15.0. The number of benzene rings is 1. The second-order valence-electron chi connectivity index (χ2n) is 5.59. The molecule has 1 unspecified atom stereocenters. The molecule has 1 aliphatic rings. The molecule has 0 amide bonds. The number of rotatable bonds is 3. The molecule has 110 valence electrons. The van der Waals surface area contributed by atoms with Crippen molar-refractivity contribution in [2.45, 2.75) is 32.8 Å². The molecule has 0 spiro atoms. The molecule has 1 aromatic carbocycles. The van der Waals surface area contributed by atoms with Crippen LogP contribution in [0.4, 0.5) is 0 Å². The molecule has 1 atom stereocenters. The number of nitrogens with zero attached hydrogens (tertiary/aromatic N) is 1. The Kier molecular flexibility index (Phi) is 3.87. The third kappa shape index (κ3) is 2.89. The van der Waals surface area contributed by atoms with Gasteiger partial charge in [-0.05, 0) is 48.2 Å². The van der Waals surface area contributed by atoms with E-state index in [1.165, 1.54) is 0 Å². The van der Waals surface area contributed by atoms with Crippen LogP contribution in [0.2, 0.25) is 5.02 Å². The summed E-state index contributed by atoms with van der Waals surface area (Å²) in [6.45, 7) is 4.64. The number of aliphatic hydroxyl groups excluding tert-OH is 1. The van der Waals surface area contributed by atoms with Crippen LogP contribution in [-0.2, 0) is 12.8 Å². The van der Waals surface area contributed by atoms with E-state index in [1.54, 1.807) is 6.20 Å². The van der Waals surface area contributed by atoms with Crippen LogP contribution >= 0.6 is 11.6 Å². The summed E-state index contributed by atoms with van der Waals surface area (Å²) in [5, 5.41) is 11.2. The van der Waals surface area contributed by atoms with E-state index in [-0.39, 0.29) is 0 Å². The van der Waals surface area contributed by atoms with Crippen LogP contribution in [0, 0.1) is 13.8 Å². The lowest BCUT2D eigenvalue weighted by Gasteiger charge is -2.15. The van der Waals surface area contributed by atoms with Crippen molar-refractivity contribution < 1.29 is 9.84 Å². The molecule has 0 fully saturated rings. The van der Waals surface area contributed by atoms with Gasteiger partial charge in [0.1, 0.15) is 11.9 Å². The van der Waals surface area contributed by atoms with Crippen molar-refractivity contribution >= 4 is 11.6 Å². The van der Waals surface area contributed by atoms with Gasteiger partial charge in [-0.15, -0.1) is 0 Å². The van der Waals surface area contributed by atoms with E-state index in [9.17, 15) is 5.11 Å². The first-order chi connectivity index (χ1) is 10.0. The first kappa shape index (κ1) is 14.4. The summed E-state index contributed by atoms with van der Waals surface area (Å²) in [5.41, 5.74) is 4.88. The Bertz CT molecular complexity index is 685. The predicted octanol–water partition coefficient (Wildman–Crippen LogP) is 3.56. The molecule has 2 heterocycles. The third-order valence-electron chi connectivity index (χ3n) is 3.81. The average molecular weight is 304 g/mol. The van der Waals surface area contributed by atoms with Gasteiger partial charge in [0, 0.05) is 24.1 Å². The first-order valence-electron chi connectivity index (χ1n) is 7.10. The molecule has 0 saturated heterocycles. The molecule has 4 heteroatoms. The molecular weight excluding hydrogens is 286 g/mol. The van der Waals surface area contributed by atoms with Crippen LogP contribution < -0.4 is 4.74 Å². The van der Waals surface area contributed by atoms with Crippen LogP contribution in [0.15, 0.2) is 24.4 Å². The number of aromatic nitrogens is 1. The van der Waals surface area contributed by atoms with Gasteiger partial charge in [0.2, 0.25) is 0 Å². The van der Waals surface area contributed by atoms with Crippen LogP contribution in [0.3, 0.4) is 0 Å². The third-order valence-corrected chi connectivity index (χ3v) is 4.03. The number of hydrogen-bond donors (Lipinski definition) is 1. The Balaban J connectivity index is 1.90. The van der Waals surface area contributed by atoms with E-state index in [0.717, 1.165) is 34.4 Å². The lowest BCUT2D eigenvalue weighted by Crippen LogP contribution is -2.07. The SMILES string of the molecule is Cc1cnc(C(O)Cc2cc(Cl)cc3c2OCC3)c(C)c1. The van der Waals surface area contributed by atoms with E-state index >= 15 is 0 Å². The largest absolute Gasteiger partial charge is 0.493 e. The van der Waals surface area contributed by atoms with Gasteiger partial charge in [-0.1, -0.05) is 17.7 Å². The molecule has 2 aromatic rings. The van der Waals surface area contributed by atoms with Crippen molar-refractivity contribution in [3.05, 3.63) is 57.4 Å². The molecule has 1 aliphatic heterocycles. The maximum atomic E-state index is 10.5. The number of aliphatic hydroxyl groups is 1. The second kappa shape index (κ2) is 5.66. The Morgan fingerprint density at radius 1 is 1.33 bits per heavy atom. The van der Waals surface area contributed by atoms with Gasteiger partial charge in [0.15, 0.2) is 0 Å². The number of ether oxygens (including phenoxy) is 1. The van der Waals surface area contributed by atoms with E-state index in [1.807, 2.05) is 32.0 Å². The van der Waals surface area contributed by atoms with Crippen molar-refractivity contribution in [2.75, 3.05) is 6.61 Å². The summed E-state index contributed by atoms with van der Waals surface area (Å²) in [6.07, 6.45) is 2.46. The highest BCUT2D eigenvalue weighted by Gasteiger charge is 2.21. The van der Waals surface area contributed by atoms with Gasteiger partial charge in [-0.3, -0.25) is 4.98 Å². The lowest BCUT2D eigenvalue weighted by molar-refractivity contribution is 0.171. The van der Waals surface area contributed by atoms with E-state index in [2.05, 4.69) is 4.98 Å². The normalized spacial score (nSPS) is 14.7. The Labute approximate surface area is 129 Å². The molecule has 1 N–H and O–H groups in total. The second-order valence-corrected chi connectivity index (χ2v) is 6.02. The predicted molar refractivity (Wildman–Crippen MR) is 83.0 cm³/mol. The highest BCUT2D eigenvalue weighted by Crippen LogP contribution is 2.35. The van der Waals surface area contributed by atoms with Crippen molar-refractivity contribution in [3.8, 4) is 5.75 Å². The first-order valence-corrected chi connectivity index (χ1v) is 7.47. The van der Waals surface area contributed by atoms with Crippen molar-refractivity contribution in [2.24, 2.45) is 0 Å². The van der Waals surface area contributed by atoms with Gasteiger partial charge in [0.05, 0.1) is 12.3 Å². The summed E-state index contributed by atoms with van der Waals surface area (Å²) >= 11 is 6.16. The average Bonchev–Trinajstić information content (AvgIpc) is 2.86. The molecule has 21 heavy (non-hydrogen) atoms. The zero-order valence-electron chi connectivity index (χ0n) is 12.2. The standard InChI is InChI=1S/C17H18ClNO2/c1-10-5-11(2)16(19-9-10)15(20)8-13-7-14(18)6-12-3-4-21-17(12)13/h5-7,9,15,20H,3-4,8H2,1-2H3. The maximum absolute atomic E-state index is 10.5. The van der Waals surface area contributed by atoms with Crippen molar-refractivity contribution in [1.82, 2.24) is 4.98 Å². The quantitative estimate of drug-likeness (QED) is 0.942. The van der Waals surface area contributed by atoms with E-state index in [0.29, 0.717) is 23.7 Å². The minimum absolute atomic E-state index is 0.458. The molecule has 0 aliphatic carbocycles. The highest BCUT2D eigenvalue weighted by atomic mass is 35.5. The minimum Gasteiger partial charge on any atom is -0.493 e. The lowest BCUT2D eigenvalue weighted by atomic mass is 9.99. The molecule has 3 nitrogen and oxygen atoms in total. The van der Waals surface area contributed by atoms with Crippen molar-refractivity contribution in [3.63, 3.8) is 0 Å². The molecule has 0 saturated carbocycles. The number of pyridine rings is 1. The Hall–Kier alpha value is -1.58. The van der Waals surface area contributed by atoms with E-state index in [4.69, 9.17) is 16.3 Å². The summed E-state index contributed by atoms with van der Waals surface area (Å²) in [4.78, 5) is 4.37. The van der Waals surface area contributed by atoms with Gasteiger partial charge >= 0.3 is 0 Å².